The molecule has 0 bridgehead atoms. The molecule has 0 saturated carbocycles. The van der Waals surface area contributed by atoms with Gasteiger partial charge in [-0.2, -0.15) is 8.42 Å². The number of amides is 1. The minimum Gasteiger partial charge on any atom is -0.486 e. The lowest BCUT2D eigenvalue weighted by molar-refractivity contribution is -0.121. The number of benzene rings is 2. The quantitative estimate of drug-likeness (QED) is 0.255. The number of nitrogens with zero attached hydrogens (tertiary/aromatic N) is 2. The van der Waals surface area contributed by atoms with Crippen LogP contribution in [0.3, 0.4) is 0 Å². The van der Waals surface area contributed by atoms with Crippen LogP contribution in [0.25, 0.3) is 0 Å². The van der Waals surface area contributed by atoms with E-state index in [0.717, 1.165) is 24.0 Å². The van der Waals surface area contributed by atoms with Crippen molar-refractivity contribution < 1.29 is 35.8 Å². The normalized spacial score (nSPS) is 20.0. The van der Waals surface area contributed by atoms with Gasteiger partial charge < -0.3 is 14.2 Å². The molecule has 0 radical (unpaired) electrons. The van der Waals surface area contributed by atoms with Crippen molar-refractivity contribution in [2.24, 2.45) is 5.84 Å². The van der Waals surface area contributed by atoms with E-state index >= 15 is 0 Å². The van der Waals surface area contributed by atoms with Crippen LogP contribution in [0.15, 0.2) is 54.6 Å². The van der Waals surface area contributed by atoms with Gasteiger partial charge in [0.1, 0.15) is 33.2 Å². The van der Waals surface area contributed by atoms with E-state index in [1.54, 1.807) is 36.4 Å². The Hall–Kier alpha value is -3.72. The third-order valence-electron chi connectivity index (χ3n) is 7.06. The fourth-order valence-electron chi connectivity index (χ4n) is 5.00. The van der Waals surface area contributed by atoms with E-state index in [0.29, 0.717) is 45.2 Å². The zero-order chi connectivity index (χ0) is 30.1. The lowest BCUT2D eigenvalue weighted by Gasteiger charge is -2.31. The van der Waals surface area contributed by atoms with Gasteiger partial charge in [0.2, 0.25) is 11.8 Å². The first kappa shape index (κ1) is 29.8. The van der Waals surface area contributed by atoms with E-state index < -0.39 is 32.0 Å². The molecule has 1 amide bonds. The monoisotopic (exact) mass is 616 g/mol. The molecule has 0 spiro atoms. The highest BCUT2D eigenvalue weighted by molar-refractivity contribution is 7.90. The number of aryl methyl sites for hydroxylation is 1. The highest BCUT2D eigenvalue weighted by atomic mass is 32.2. The number of hydrazine groups is 1. The number of sulfone groups is 1. The van der Waals surface area contributed by atoms with Crippen LogP contribution in [0, 0.1) is 6.92 Å². The van der Waals surface area contributed by atoms with E-state index in [9.17, 15) is 21.6 Å². The fraction of sp³-hybridized carbons (Fsp3) is 0.357. The lowest BCUT2D eigenvalue weighted by Crippen LogP contribution is -2.54. The van der Waals surface area contributed by atoms with Crippen LogP contribution >= 0.6 is 0 Å². The Balaban J connectivity index is 1.23. The Morgan fingerprint density at radius 1 is 1.10 bits per heavy atom. The SMILES string of the molecule is Cc1nc(OCCCS(C)(=O)=O)ccc1Oc1cccc2c1CC[C@H]2Oc1ccc(C2CC(=O)NS(=O)(=O)N2N)cc1. The molecule has 2 heterocycles. The second-order valence-electron chi connectivity index (χ2n) is 10.3. The second-order valence-corrected chi connectivity index (χ2v) is 14.1. The molecule has 1 unspecified atom stereocenters. The smallest absolute Gasteiger partial charge is 0.317 e. The standard InChI is InChI=1S/C28H32N4O8S2/c1-18-24(13-14-28(30-18)38-15-4-16-41(2,34)35)40-25-6-3-5-21-22(25)11-12-26(21)39-20-9-7-19(8-10-20)23-17-27(33)31-42(36,37)32(23)29/h3,5-10,13-14,23,26H,4,11-12,15-17,29H2,1-2H3,(H,31,33)/t23?,26-/m1/s1. The highest BCUT2D eigenvalue weighted by Crippen LogP contribution is 2.41. The molecule has 14 heteroatoms. The van der Waals surface area contributed by atoms with E-state index in [1.807, 2.05) is 29.8 Å². The maximum Gasteiger partial charge on any atom is 0.317 e. The van der Waals surface area contributed by atoms with E-state index in [2.05, 4.69) is 4.98 Å². The summed E-state index contributed by atoms with van der Waals surface area (Å²) >= 11 is 0. The van der Waals surface area contributed by atoms with Crippen molar-refractivity contribution in [2.45, 2.75) is 44.8 Å². The van der Waals surface area contributed by atoms with E-state index in [4.69, 9.17) is 20.1 Å². The molecular formula is C28H32N4O8S2. The molecule has 5 rings (SSSR count). The van der Waals surface area contributed by atoms with Crippen molar-refractivity contribution >= 4 is 26.0 Å². The first-order valence-electron chi connectivity index (χ1n) is 13.3. The largest absolute Gasteiger partial charge is 0.486 e. The molecule has 2 aromatic carbocycles. The third kappa shape index (κ3) is 6.84. The minimum absolute atomic E-state index is 0.0578. The first-order chi connectivity index (χ1) is 19.9. The van der Waals surface area contributed by atoms with Crippen LogP contribution in [-0.2, 0) is 31.3 Å². The average Bonchev–Trinajstić information content (AvgIpc) is 3.33. The molecule has 1 fully saturated rings. The number of carbonyl (C=O) groups excluding carboxylic acids is 1. The molecular weight excluding hydrogens is 584 g/mol. The number of hydrogen-bond acceptors (Lipinski definition) is 10. The van der Waals surface area contributed by atoms with Gasteiger partial charge in [0.05, 0.1) is 24.1 Å². The van der Waals surface area contributed by atoms with Crippen LogP contribution in [0.1, 0.15) is 53.8 Å². The van der Waals surface area contributed by atoms with E-state index in [-0.39, 0.29) is 24.9 Å². The number of nitrogens with one attached hydrogen (secondary N) is 1. The Bertz CT molecular complexity index is 1700. The van der Waals surface area contributed by atoms with Gasteiger partial charge in [-0.25, -0.2) is 18.1 Å². The van der Waals surface area contributed by atoms with Crippen LogP contribution in [-0.4, -0.2) is 50.8 Å². The molecule has 2 aliphatic rings. The number of carbonyl (C=O) groups is 1. The Labute approximate surface area is 244 Å². The van der Waals surface area contributed by atoms with Gasteiger partial charge in [0.15, 0.2) is 0 Å². The number of pyridine rings is 1. The van der Waals surface area contributed by atoms with Gasteiger partial charge in [-0.3, -0.25) is 10.6 Å². The van der Waals surface area contributed by atoms with Crippen molar-refractivity contribution in [3.8, 4) is 23.1 Å². The number of nitrogens with two attached hydrogens (primary N) is 1. The van der Waals surface area contributed by atoms with Gasteiger partial charge in [0.25, 0.3) is 0 Å². The Morgan fingerprint density at radius 3 is 2.57 bits per heavy atom. The molecule has 42 heavy (non-hydrogen) atoms. The summed E-state index contributed by atoms with van der Waals surface area (Å²) in [6.45, 7) is 2.07. The maximum absolute atomic E-state index is 12.1. The topological polar surface area (TPSA) is 167 Å². The number of rotatable bonds is 10. The molecule has 1 aliphatic carbocycles. The van der Waals surface area contributed by atoms with Gasteiger partial charge in [0, 0.05) is 24.3 Å². The predicted octanol–water partition coefficient (Wildman–Crippen LogP) is 3.04. The average molecular weight is 617 g/mol. The van der Waals surface area contributed by atoms with Crippen LogP contribution in [0.2, 0.25) is 0 Å². The Morgan fingerprint density at radius 2 is 1.86 bits per heavy atom. The molecule has 1 saturated heterocycles. The molecule has 1 aliphatic heterocycles. The second kappa shape index (κ2) is 11.9. The van der Waals surface area contributed by atoms with Crippen molar-refractivity contribution in [1.82, 2.24) is 14.1 Å². The maximum atomic E-state index is 12.1. The summed E-state index contributed by atoms with van der Waals surface area (Å²) in [7, 11) is -7.11. The molecule has 3 N–H and O–H groups in total. The van der Waals surface area contributed by atoms with Gasteiger partial charge >= 0.3 is 10.2 Å². The van der Waals surface area contributed by atoms with Crippen molar-refractivity contribution in [3.05, 3.63) is 77.0 Å². The van der Waals surface area contributed by atoms with Crippen LogP contribution in [0.5, 0.6) is 23.1 Å². The Kier molecular flexibility index (Phi) is 8.42. The molecule has 3 aromatic rings. The number of aromatic nitrogens is 1. The molecule has 2 atom stereocenters. The minimum atomic E-state index is -4.07. The zero-order valence-electron chi connectivity index (χ0n) is 23.1. The lowest BCUT2D eigenvalue weighted by atomic mass is 10.0. The summed E-state index contributed by atoms with van der Waals surface area (Å²) in [6, 6.07) is 15.4. The van der Waals surface area contributed by atoms with Crippen molar-refractivity contribution in [2.75, 3.05) is 18.6 Å². The summed E-state index contributed by atoms with van der Waals surface area (Å²) in [4.78, 5) is 16.3. The zero-order valence-corrected chi connectivity index (χ0v) is 24.8. The fourth-order valence-corrected chi connectivity index (χ4v) is 6.65. The van der Waals surface area contributed by atoms with Crippen molar-refractivity contribution in [1.29, 1.82) is 0 Å². The van der Waals surface area contributed by atoms with Crippen LogP contribution < -0.4 is 24.8 Å². The number of ether oxygens (including phenoxy) is 3. The van der Waals surface area contributed by atoms with Gasteiger partial charge in [-0.05, 0) is 61.6 Å². The van der Waals surface area contributed by atoms with Gasteiger partial charge in [-0.1, -0.05) is 24.3 Å². The summed E-state index contributed by atoms with van der Waals surface area (Å²) in [5.74, 6) is 7.50. The molecule has 1 aromatic heterocycles. The van der Waals surface area contributed by atoms with E-state index in [1.165, 1.54) is 6.26 Å². The first-order valence-corrected chi connectivity index (χ1v) is 16.8. The third-order valence-corrected chi connectivity index (χ3v) is 9.39. The van der Waals surface area contributed by atoms with Crippen molar-refractivity contribution in [3.63, 3.8) is 0 Å². The summed E-state index contributed by atoms with van der Waals surface area (Å²) in [5, 5.41) is 0. The number of hydrogen-bond donors (Lipinski definition) is 2. The number of fused-ring (bicyclic) bond motifs is 1. The summed E-state index contributed by atoms with van der Waals surface area (Å²) in [5.41, 5.74) is 3.27. The molecule has 12 nitrogen and oxygen atoms in total. The summed E-state index contributed by atoms with van der Waals surface area (Å²) in [6.07, 6.45) is 2.79. The summed E-state index contributed by atoms with van der Waals surface area (Å²) < 4.78 is 67.3. The van der Waals surface area contributed by atoms with Crippen LogP contribution in [0.4, 0.5) is 0 Å². The molecule has 224 valence electrons. The highest BCUT2D eigenvalue weighted by Gasteiger charge is 2.37. The predicted molar refractivity (Wildman–Crippen MR) is 154 cm³/mol. The van der Waals surface area contributed by atoms with Gasteiger partial charge in [-0.15, -0.1) is 4.41 Å².